The van der Waals surface area contributed by atoms with E-state index in [4.69, 9.17) is 15.4 Å². The van der Waals surface area contributed by atoms with Crippen molar-refractivity contribution >= 4 is 19.7 Å². The van der Waals surface area contributed by atoms with Gasteiger partial charge in [-0.25, -0.2) is 8.42 Å². The molecule has 0 aromatic carbocycles. The van der Waals surface area contributed by atoms with Crippen LogP contribution in [0.3, 0.4) is 0 Å². The summed E-state index contributed by atoms with van der Waals surface area (Å²) in [5, 5.41) is 4.24. The fourth-order valence-electron chi connectivity index (χ4n) is 2.52. The lowest BCUT2D eigenvalue weighted by Gasteiger charge is -2.17. The van der Waals surface area contributed by atoms with Gasteiger partial charge in [0.15, 0.2) is 0 Å². The van der Waals surface area contributed by atoms with Crippen LogP contribution in [0.4, 0.5) is 0 Å². The molecular weight excluding hydrogens is 300 g/mol. The molecule has 0 bridgehead atoms. The summed E-state index contributed by atoms with van der Waals surface area (Å²) in [4.78, 5) is 0.0781. The zero-order chi connectivity index (χ0) is 14.8. The Balaban J connectivity index is 2.29. The number of ether oxygens (including phenoxy) is 1. The molecule has 0 N–H and O–H groups in total. The van der Waals surface area contributed by atoms with E-state index in [0.29, 0.717) is 5.69 Å². The number of halogens is 1. The van der Waals surface area contributed by atoms with Gasteiger partial charge in [0.25, 0.3) is 9.05 Å². The Kier molecular flexibility index (Phi) is 5.09. The van der Waals surface area contributed by atoms with Gasteiger partial charge in [0.05, 0.1) is 30.6 Å². The molecule has 5 nitrogen and oxygen atoms in total. The maximum atomic E-state index is 11.7. The van der Waals surface area contributed by atoms with E-state index in [0.717, 1.165) is 32.1 Å². The largest absolute Gasteiger partial charge is 0.372 e. The van der Waals surface area contributed by atoms with Crippen LogP contribution in [-0.2, 0) is 20.4 Å². The maximum absolute atomic E-state index is 11.7. The van der Waals surface area contributed by atoms with Gasteiger partial charge in [-0.2, -0.15) is 5.10 Å². The topological polar surface area (TPSA) is 61.2 Å². The van der Waals surface area contributed by atoms with E-state index in [1.54, 1.807) is 4.68 Å². The lowest BCUT2D eigenvalue weighted by Crippen LogP contribution is -2.15. The van der Waals surface area contributed by atoms with Crippen LogP contribution in [0.1, 0.15) is 57.7 Å². The Morgan fingerprint density at radius 1 is 1.50 bits per heavy atom. The summed E-state index contributed by atoms with van der Waals surface area (Å²) >= 11 is 0. The van der Waals surface area contributed by atoms with E-state index in [1.165, 1.54) is 6.20 Å². The first-order valence-electron chi connectivity index (χ1n) is 7.06. The molecule has 0 amide bonds. The molecule has 1 aromatic heterocycles. The molecule has 1 aliphatic carbocycles. The molecule has 0 radical (unpaired) electrons. The molecule has 1 aromatic rings. The van der Waals surface area contributed by atoms with Gasteiger partial charge in [0.1, 0.15) is 4.90 Å². The Labute approximate surface area is 124 Å². The fraction of sp³-hybridized carbons (Fsp3) is 0.769. The zero-order valence-corrected chi connectivity index (χ0v) is 13.5. The highest BCUT2D eigenvalue weighted by atomic mass is 35.7. The maximum Gasteiger partial charge on any atom is 0.264 e. The third-order valence-corrected chi connectivity index (χ3v) is 5.24. The second-order valence-corrected chi connectivity index (χ2v) is 7.84. The van der Waals surface area contributed by atoms with Crippen molar-refractivity contribution in [3.8, 4) is 0 Å². The van der Waals surface area contributed by atoms with Gasteiger partial charge >= 0.3 is 0 Å². The van der Waals surface area contributed by atoms with E-state index in [9.17, 15) is 8.42 Å². The van der Waals surface area contributed by atoms with Crippen LogP contribution in [0.25, 0.3) is 0 Å². The lowest BCUT2D eigenvalue weighted by atomic mass is 10.2. The van der Waals surface area contributed by atoms with Crippen molar-refractivity contribution in [1.82, 2.24) is 9.78 Å². The van der Waals surface area contributed by atoms with Crippen LogP contribution in [0.5, 0.6) is 0 Å². The van der Waals surface area contributed by atoms with Crippen molar-refractivity contribution in [1.29, 1.82) is 0 Å². The quantitative estimate of drug-likeness (QED) is 0.755. The molecule has 7 heteroatoms. The van der Waals surface area contributed by atoms with Crippen molar-refractivity contribution in [3.63, 3.8) is 0 Å². The average Bonchev–Trinajstić information content (AvgIpc) is 3.02. The normalized spacial score (nSPS) is 18.6. The summed E-state index contributed by atoms with van der Waals surface area (Å²) in [5.74, 6) is 0. The molecule has 1 atom stereocenters. The summed E-state index contributed by atoms with van der Waals surface area (Å²) in [6.45, 7) is 4.22. The van der Waals surface area contributed by atoms with Crippen LogP contribution in [0.2, 0.25) is 0 Å². The first-order valence-corrected chi connectivity index (χ1v) is 9.37. The number of hydrogen-bond donors (Lipinski definition) is 0. The van der Waals surface area contributed by atoms with Gasteiger partial charge in [-0.15, -0.1) is 0 Å². The molecule has 114 valence electrons. The number of aromatic nitrogens is 2. The monoisotopic (exact) mass is 320 g/mol. The van der Waals surface area contributed by atoms with E-state index < -0.39 is 9.05 Å². The molecule has 1 aliphatic rings. The van der Waals surface area contributed by atoms with Gasteiger partial charge in [0.2, 0.25) is 0 Å². The minimum absolute atomic E-state index is 0.0767. The standard InChI is InChI=1S/C13H21ClN2O3S/c1-3-10(2)19-9-12-13(20(14,17)18)8-15-16(12)11-6-4-5-7-11/h8,10-11H,3-7,9H2,1-2H3/t10-/m1/s1. The Hall–Kier alpha value is -0.590. The van der Waals surface area contributed by atoms with E-state index in [2.05, 4.69) is 5.10 Å². The van der Waals surface area contributed by atoms with Crippen LogP contribution < -0.4 is 0 Å². The highest BCUT2D eigenvalue weighted by molar-refractivity contribution is 8.13. The third kappa shape index (κ3) is 3.54. The minimum Gasteiger partial charge on any atom is -0.372 e. The number of rotatable bonds is 6. The van der Waals surface area contributed by atoms with E-state index in [1.807, 2.05) is 13.8 Å². The molecule has 0 spiro atoms. The summed E-state index contributed by atoms with van der Waals surface area (Å²) in [5.41, 5.74) is 0.576. The Morgan fingerprint density at radius 2 is 2.15 bits per heavy atom. The van der Waals surface area contributed by atoms with Crippen molar-refractivity contribution < 1.29 is 13.2 Å². The molecule has 1 fully saturated rings. The first-order chi connectivity index (χ1) is 9.43. The molecule has 2 rings (SSSR count). The van der Waals surface area contributed by atoms with Crippen LogP contribution in [0.15, 0.2) is 11.1 Å². The SMILES string of the molecule is CC[C@@H](C)OCc1c(S(=O)(=O)Cl)cnn1C1CCCC1. The van der Waals surface area contributed by atoms with Gasteiger partial charge in [0, 0.05) is 10.7 Å². The van der Waals surface area contributed by atoms with Gasteiger partial charge in [-0.05, 0) is 26.2 Å². The van der Waals surface area contributed by atoms with Crippen LogP contribution in [0, 0.1) is 0 Å². The fourth-order valence-corrected chi connectivity index (χ4v) is 3.51. The van der Waals surface area contributed by atoms with Crippen molar-refractivity contribution in [3.05, 3.63) is 11.9 Å². The summed E-state index contributed by atoms with van der Waals surface area (Å²) < 4.78 is 30.8. The summed E-state index contributed by atoms with van der Waals surface area (Å²) in [6.07, 6.45) is 6.65. The average molecular weight is 321 g/mol. The van der Waals surface area contributed by atoms with Crippen LogP contribution in [-0.4, -0.2) is 24.3 Å². The molecule has 0 unspecified atom stereocenters. The molecular formula is C13H21ClN2O3S. The Morgan fingerprint density at radius 3 is 2.70 bits per heavy atom. The lowest BCUT2D eigenvalue weighted by molar-refractivity contribution is 0.0445. The van der Waals surface area contributed by atoms with Gasteiger partial charge < -0.3 is 4.74 Å². The summed E-state index contributed by atoms with van der Waals surface area (Å²) in [7, 11) is 1.71. The van der Waals surface area contributed by atoms with Crippen molar-refractivity contribution in [2.24, 2.45) is 0 Å². The van der Waals surface area contributed by atoms with E-state index in [-0.39, 0.29) is 23.6 Å². The van der Waals surface area contributed by atoms with Crippen LogP contribution >= 0.6 is 10.7 Å². The molecule has 20 heavy (non-hydrogen) atoms. The number of nitrogens with zero attached hydrogens (tertiary/aromatic N) is 2. The Bertz CT molecular complexity index is 550. The predicted molar refractivity (Wildman–Crippen MR) is 77.3 cm³/mol. The van der Waals surface area contributed by atoms with E-state index >= 15 is 0 Å². The highest BCUT2D eigenvalue weighted by Crippen LogP contribution is 2.32. The molecule has 0 aliphatic heterocycles. The predicted octanol–water partition coefficient (Wildman–Crippen LogP) is 3.24. The molecule has 1 heterocycles. The second kappa shape index (κ2) is 6.45. The highest BCUT2D eigenvalue weighted by Gasteiger charge is 2.27. The zero-order valence-electron chi connectivity index (χ0n) is 11.9. The van der Waals surface area contributed by atoms with Gasteiger partial charge in [-0.3, -0.25) is 4.68 Å². The minimum atomic E-state index is -3.79. The van der Waals surface area contributed by atoms with Gasteiger partial charge in [-0.1, -0.05) is 19.8 Å². The number of hydrogen-bond acceptors (Lipinski definition) is 4. The summed E-state index contributed by atoms with van der Waals surface area (Å²) in [6, 6.07) is 0.262. The molecule has 1 saturated carbocycles. The third-order valence-electron chi connectivity index (χ3n) is 3.87. The van der Waals surface area contributed by atoms with Crippen molar-refractivity contribution in [2.45, 2.75) is 69.6 Å². The second-order valence-electron chi connectivity index (χ2n) is 5.31. The molecule has 0 saturated heterocycles. The smallest absolute Gasteiger partial charge is 0.264 e. The first kappa shape index (κ1) is 15.8. The van der Waals surface area contributed by atoms with Crippen molar-refractivity contribution in [2.75, 3.05) is 0 Å².